The van der Waals surface area contributed by atoms with E-state index in [1.54, 1.807) is 0 Å². The van der Waals surface area contributed by atoms with Crippen LogP contribution in [-0.4, -0.2) is 37.2 Å². The van der Waals surface area contributed by atoms with E-state index in [9.17, 15) is 14.4 Å². The number of esters is 3. The second-order valence-corrected chi connectivity index (χ2v) is 19.1. The molecule has 72 heavy (non-hydrogen) atoms. The van der Waals surface area contributed by atoms with Crippen molar-refractivity contribution in [1.29, 1.82) is 0 Å². The molecule has 0 heterocycles. The molecule has 0 aromatic rings. The molecule has 0 aliphatic heterocycles. The van der Waals surface area contributed by atoms with E-state index in [2.05, 4.69) is 130 Å². The fraction of sp³-hybridized carbons (Fsp3) is 0.621. The van der Waals surface area contributed by atoms with Gasteiger partial charge in [-0.3, -0.25) is 14.4 Å². The molecule has 6 nitrogen and oxygen atoms in total. The molecule has 0 radical (unpaired) electrons. The fourth-order valence-electron chi connectivity index (χ4n) is 7.65. The predicted molar refractivity (Wildman–Crippen MR) is 311 cm³/mol. The Morgan fingerprint density at radius 3 is 0.833 bits per heavy atom. The van der Waals surface area contributed by atoms with Gasteiger partial charge in [0, 0.05) is 19.3 Å². The van der Waals surface area contributed by atoms with Crippen molar-refractivity contribution in [1.82, 2.24) is 0 Å². The zero-order valence-electron chi connectivity index (χ0n) is 46.4. The van der Waals surface area contributed by atoms with Crippen LogP contribution in [0.5, 0.6) is 0 Å². The van der Waals surface area contributed by atoms with Crippen LogP contribution < -0.4 is 0 Å². The number of rotatable bonds is 51. The maximum atomic E-state index is 12.9. The Hall–Kier alpha value is -4.45. The summed E-state index contributed by atoms with van der Waals surface area (Å²) >= 11 is 0. The summed E-state index contributed by atoms with van der Waals surface area (Å²) in [6.07, 6.45) is 82.8. The molecule has 0 aliphatic rings. The van der Waals surface area contributed by atoms with Crippen LogP contribution in [0.3, 0.4) is 0 Å². The van der Waals surface area contributed by atoms with Gasteiger partial charge in [0.15, 0.2) is 6.10 Å². The molecule has 0 aliphatic carbocycles. The van der Waals surface area contributed by atoms with E-state index in [0.717, 1.165) is 135 Å². The Balaban J connectivity index is 4.56. The average molecular weight is 996 g/mol. The topological polar surface area (TPSA) is 78.9 Å². The highest BCUT2D eigenvalue weighted by atomic mass is 16.6. The molecule has 0 rings (SSSR count). The largest absolute Gasteiger partial charge is 0.462 e. The molecule has 0 aromatic carbocycles. The van der Waals surface area contributed by atoms with Crippen molar-refractivity contribution in [3.05, 3.63) is 134 Å². The first-order chi connectivity index (χ1) is 35.5. The van der Waals surface area contributed by atoms with Gasteiger partial charge in [0.2, 0.25) is 0 Å². The molecule has 0 amide bonds. The number of hydrogen-bond donors (Lipinski definition) is 0. The predicted octanol–water partition coefficient (Wildman–Crippen LogP) is 19.8. The van der Waals surface area contributed by atoms with Gasteiger partial charge >= 0.3 is 17.9 Å². The third-order valence-corrected chi connectivity index (χ3v) is 12.1. The number of carbonyl (C=O) groups is 3. The van der Waals surface area contributed by atoms with Crippen molar-refractivity contribution in [2.45, 2.75) is 252 Å². The molecule has 1 unspecified atom stereocenters. The molecule has 0 N–H and O–H groups in total. The minimum absolute atomic E-state index is 0.110. The Morgan fingerprint density at radius 2 is 0.528 bits per heavy atom. The van der Waals surface area contributed by atoms with Gasteiger partial charge in [-0.1, -0.05) is 270 Å². The summed E-state index contributed by atoms with van der Waals surface area (Å²) in [5.41, 5.74) is 0. The first-order valence-electron chi connectivity index (χ1n) is 29.3. The first-order valence-corrected chi connectivity index (χ1v) is 29.3. The summed E-state index contributed by atoms with van der Waals surface area (Å²) in [7, 11) is 0. The highest BCUT2D eigenvalue weighted by Gasteiger charge is 2.19. The van der Waals surface area contributed by atoms with Gasteiger partial charge in [0.05, 0.1) is 0 Å². The van der Waals surface area contributed by atoms with E-state index in [1.165, 1.54) is 70.6 Å². The number of hydrogen-bond acceptors (Lipinski definition) is 6. The van der Waals surface area contributed by atoms with Gasteiger partial charge in [0.1, 0.15) is 13.2 Å². The smallest absolute Gasteiger partial charge is 0.306 e. The van der Waals surface area contributed by atoms with Crippen LogP contribution in [-0.2, 0) is 28.6 Å². The van der Waals surface area contributed by atoms with E-state index in [4.69, 9.17) is 14.2 Å². The van der Waals surface area contributed by atoms with Crippen molar-refractivity contribution in [2.24, 2.45) is 0 Å². The van der Waals surface area contributed by atoms with Crippen LogP contribution in [0.15, 0.2) is 134 Å². The van der Waals surface area contributed by atoms with Crippen LogP contribution in [0.2, 0.25) is 0 Å². The summed E-state index contributed by atoms with van der Waals surface area (Å²) < 4.78 is 16.8. The second-order valence-electron chi connectivity index (χ2n) is 19.1. The molecule has 0 spiro atoms. The van der Waals surface area contributed by atoms with Gasteiger partial charge in [-0.15, -0.1) is 0 Å². The maximum Gasteiger partial charge on any atom is 0.306 e. The zero-order chi connectivity index (χ0) is 52.2. The minimum Gasteiger partial charge on any atom is -0.462 e. The third-order valence-electron chi connectivity index (χ3n) is 12.1. The molecule has 0 aromatic heterocycles. The van der Waals surface area contributed by atoms with Gasteiger partial charge in [0.25, 0.3) is 0 Å². The molecular formula is C66H106O6. The zero-order valence-corrected chi connectivity index (χ0v) is 46.4. The number of ether oxygens (including phenoxy) is 3. The fourth-order valence-corrected chi connectivity index (χ4v) is 7.65. The third kappa shape index (κ3) is 56.5. The molecular weight excluding hydrogens is 889 g/mol. The van der Waals surface area contributed by atoms with Gasteiger partial charge in [-0.25, -0.2) is 0 Å². The van der Waals surface area contributed by atoms with Crippen LogP contribution >= 0.6 is 0 Å². The molecule has 0 saturated heterocycles. The Morgan fingerprint density at radius 1 is 0.278 bits per heavy atom. The van der Waals surface area contributed by atoms with Crippen molar-refractivity contribution in [3.8, 4) is 0 Å². The standard InChI is InChI=1S/C66H106O6/c1-4-7-10-13-16-19-22-25-28-31-34-37-40-43-46-49-52-55-58-64(67)70-61-63(72-66(69)60-57-54-51-48-45-42-39-36-33-30-27-24-21-18-15-12-9-6-3)62-71-65(68)59-56-53-50-47-44-41-38-35-32-29-26-23-20-17-14-11-8-5-2/h10,13,16,19,22-39,63H,4-9,11-12,14-15,17-18,20-21,40-62H2,1-3H3/b13-10-,19-16-,25-22-,26-23-,27-24-,31-28-,32-29-,33-30-,37-34-,38-35-,39-36-. The first kappa shape index (κ1) is 67.5. The Bertz CT molecular complexity index is 1560. The number of unbranched alkanes of at least 4 members (excludes halogenated alkanes) is 26. The second kappa shape index (κ2) is 59.1. The Labute approximate surface area is 443 Å². The van der Waals surface area contributed by atoms with E-state index in [0.29, 0.717) is 12.8 Å². The van der Waals surface area contributed by atoms with E-state index >= 15 is 0 Å². The van der Waals surface area contributed by atoms with Crippen LogP contribution in [0.4, 0.5) is 0 Å². The lowest BCUT2D eigenvalue weighted by atomic mass is 10.1. The molecule has 6 heteroatoms. The molecule has 0 saturated carbocycles. The van der Waals surface area contributed by atoms with E-state index < -0.39 is 6.10 Å². The number of carbonyl (C=O) groups excluding carboxylic acids is 3. The SMILES string of the molecule is CCC\C=C/C=C\C=C/C=C\C=C/CCCCCCCC(=O)OCC(COC(=O)CCCCCCC\C=C/C=C\C=C/CCCCCCC)OC(=O)CCCCCCC\C=C/C=C\C=C/CCCCCCC. The molecule has 0 fully saturated rings. The van der Waals surface area contributed by atoms with Crippen molar-refractivity contribution < 1.29 is 28.6 Å². The lowest BCUT2D eigenvalue weighted by molar-refractivity contribution is -0.167. The van der Waals surface area contributed by atoms with Crippen molar-refractivity contribution in [3.63, 3.8) is 0 Å². The quantitative estimate of drug-likeness (QED) is 0.0261. The Kier molecular flexibility index (Phi) is 55.5. The van der Waals surface area contributed by atoms with Crippen molar-refractivity contribution in [2.75, 3.05) is 13.2 Å². The summed E-state index contributed by atoms with van der Waals surface area (Å²) in [6.45, 7) is 6.46. The number of allylic oxidation sites excluding steroid dienone is 22. The normalized spacial score (nSPS) is 13.1. The van der Waals surface area contributed by atoms with Gasteiger partial charge in [-0.2, -0.15) is 0 Å². The molecule has 0 bridgehead atoms. The highest BCUT2D eigenvalue weighted by Crippen LogP contribution is 2.13. The monoisotopic (exact) mass is 995 g/mol. The minimum atomic E-state index is -0.815. The summed E-state index contributed by atoms with van der Waals surface area (Å²) in [6, 6.07) is 0. The molecule has 1 atom stereocenters. The lowest BCUT2D eigenvalue weighted by Gasteiger charge is -2.18. The summed E-state index contributed by atoms with van der Waals surface area (Å²) in [5.74, 6) is -0.976. The average Bonchev–Trinajstić information content (AvgIpc) is 3.38. The highest BCUT2D eigenvalue weighted by molar-refractivity contribution is 5.71. The van der Waals surface area contributed by atoms with Crippen LogP contribution in [0.1, 0.15) is 245 Å². The van der Waals surface area contributed by atoms with Crippen LogP contribution in [0.25, 0.3) is 0 Å². The van der Waals surface area contributed by atoms with E-state index in [-0.39, 0.29) is 37.5 Å². The maximum absolute atomic E-state index is 12.9. The van der Waals surface area contributed by atoms with Gasteiger partial charge < -0.3 is 14.2 Å². The van der Waals surface area contributed by atoms with Crippen LogP contribution in [0, 0.1) is 0 Å². The summed E-state index contributed by atoms with van der Waals surface area (Å²) in [4.78, 5) is 38.2. The van der Waals surface area contributed by atoms with Crippen molar-refractivity contribution >= 4 is 17.9 Å². The van der Waals surface area contributed by atoms with Gasteiger partial charge in [-0.05, 0) is 89.9 Å². The lowest BCUT2D eigenvalue weighted by Crippen LogP contribution is -2.30. The summed E-state index contributed by atoms with van der Waals surface area (Å²) in [5, 5.41) is 0. The van der Waals surface area contributed by atoms with E-state index in [1.807, 2.05) is 24.3 Å². The molecule has 406 valence electrons.